The number of nitrogens with zero attached hydrogens (tertiary/aromatic N) is 1. The summed E-state index contributed by atoms with van der Waals surface area (Å²) in [6, 6.07) is 10.6. The van der Waals surface area contributed by atoms with Crippen LogP contribution in [-0.2, 0) is 10.3 Å². The minimum absolute atomic E-state index is 0.0255. The fourth-order valence-corrected chi connectivity index (χ4v) is 2.56. The minimum Gasteiger partial charge on any atom is -0.593 e. The number of amides is 1. The van der Waals surface area contributed by atoms with Gasteiger partial charge >= 0.3 is 5.97 Å². The first kappa shape index (κ1) is 19.8. The zero-order valence-electron chi connectivity index (χ0n) is 15.0. The van der Waals surface area contributed by atoms with E-state index in [4.69, 9.17) is 16.1 Å². The lowest BCUT2D eigenvalue weighted by Crippen LogP contribution is -2.45. The van der Waals surface area contributed by atoms with Crippen molar-refractivity contribution in [3.63, 3.8) is 0 Å². The molecule has 0 spiro atoms. The van der Waals surface area contributed by atoms with Crippen molar-refractivity contribution < 1.29 is 19.8 Å². The number of rotatable bonds is 6. The van der Waals surface area contributed by atoms with E-state index in [2.05, 4.69) is 10.6 Å². The van der Waals surface area contributed by atoms with Crippen molar-refractivity contribution in [2.75, 3.05) is 17.2 Å². The van der Waals surface area contributed by atoms with Crippen molar-refractivity contribution in [2.45, 2.75) is 19.4 Å². The number of carboxylic acids is 1. The van der Waals surface area contributed by atoms with Crippen LogP contribution in [0.3, 0.4) is 0 Å². The normalized spacial score (nSPS) is 12.5. The number of hydrogen-bond donors (Lipinski definition) is 4. The van der Waals surface area contributed by atoms with Crippen LogP contribution in [0.4, 0.5) is 11.4 Å². The molecule has 1 amide bonds. The van der Waals surface area contributed by atoms with Crippen LogP contribution in [0.25, 0.3) is 0 Å². The smallest absolute Gasteiger partial charge is 0.337 e. The monoisotopic (exact) mass is 369 g/mol. The summed E-state index contributed by atoms with van der Waals surface area (Å²) in [5, 5.41) is 31.9. The third kappa shape index (κ3) is 4.16. The van der Waals surface area contributed by atoms with Crippen LogP contribution >= 0.6 is 0 Å². The summed E-state index contributed by atoms with van der Waals surface area (Å²) in [7, 11) is 0. The van der Waals surface area contributed by atoms with Gasteiger partial charge in [0, 0.05) is 18.3 Å². The number of benzene rings is 2. The fraction of sp³-hybridized carbons (Fsp3) is 0.211. The molecule has 2 aromatic carbocycles. The van der Waals surface area contributed by atoms with Gasteiger partial charge in [-0.15, -0.1) is 0 Å². The molecule has 27 heavy (non-hydrogen) atoms. The summed E-state index contributed by atoms with van der Waals surface area (Å²) < 4.78 is 0. The zero-order valence-corrected chi connectivity index (χ0v) is 15.0. The van der Waals surface area contributed by atoms with Crippen LogP contribution in [0.5, 0.6) is 5.75 Å². The Hall–Kier alpha value is -3.57. The highest BCUT2D eigenvalue weighted by Crippen LogP contribution is 2.31. The van der Waals surface area contributed by atoms with Crippen molar-refractivity contribution in [1.29, 1.82) is 5.26 Å². The van der Waals surface area contributed by atoms with Crippen LogP contribution < -0.4 is 16.4 Å². The Balaban J connectivity index is 2.39. The van der Waals surface area contributed by atoms with Gasteiger partial charge in [0.05, 0.1) is 28.4 Å². The number of nitrogens with one attached hydrogen (secondary N) is 2. The van der Waals surface area contributed by atoms with E-state index in [0.717, 1.165) is 5.69 Å². The van der Waals surface area contributed by atoms with Gasteiger partial charge in [-0.3, -0.25) is 4.79 Å². The lowest BCUT2D eigenvalue weighted by atomic mass is 9.90. The highest BCUT2D eigenvalue weighted by atomic mass is 16.4. The van der Waals surface area contributed by atoms with Gasteiger partial charge in [-0.2, -0.15) is 5.26 Å². The first-order valence-corrected chi connectivity index (χ1v) is 8.18. The highest BCUT2D eigenvalue weighted by Gasteiger charge is 2.36. The van der Waals surface area contributed by atoms with Crippen LogP contribution in [0, 0.1) is 11.3 Å². The van der Waals surface area contributed by atoms with Crippen molar-refractivity contribution in [2.24, 2.45) is 5.73 Å². The van der Waals surface area contributed by atoms with Gasteiger partial charge < -0.3 is 26.6 Å². The summed E-state index contributed by atoms with van der Waals surface area (Å²) in [5.74, 6) is -1.86. The number of anilines is 2. The van der Waals surface area contributed by atoms with E-state index in [1.165, 1.54) is 31.2 Å². The van der Waals surface area contributed by atoms with Crippen LogP contribution in [-0.4, -0.2) is 28.6 Å². The molecule has 0 aliphatic carbocycles. The molecule has 8 nitrogen and oxygen atoms in total. The maximum Gasteiger partial charge on any atom is 0.337 e. The van der Waals surface area contributed by atoms with Gasteiger partial charge in [-0.1, -0.05) is 0 Å². The maximum atomic E-state index is 12.8. The molecule has 0 saturated heterocycles. The minimum atomic E-state index is -1.58. The van der Waals surface area contributed by atoms with E-state index < -0.39 is 17.4 Å². The molecule has 1 unspecified atom stereocenters. The molecule has 0 heterocycles. The average Bonchev–Trinajstić information content (AvgIpc) is 2.63. The van der Waals surface area contributed by atoms with Crippen molar-refractivity contribution in [3.8, 4) is 11.8 Å². The average molecular weight is 369 g/mol. The second-order valence-corrected chi connectivity index (χ2v) is 6.12. The van der Waals surface area contributed by atoms with E-state index in [9.17, 15) is 14.7 Å². The molecule has 0 fully saturated rings. The topological polar surface area (TPSA) is 151 Å². The van der Waals surface area contributed by atoms with Crippen LogP contribution in [0.1, 0.15) is 35.3 Å². The lowest BCUT2D eigenvalue weighted by molar-refractivity contribution is -0.120. The van der Waals surface area contributed by atoms with Crippen molar-refractivity contribution in [3.05, 3.63) is 53.1 Å². The fourth-order valence-electron chi connectivity index (χ4n) is 2.56. The van der Waals surface area contributed by atoms with E-state index in [-0.39, 0.29) is 22.6 Å². The Kier molecular flexibility index (Phi) is 5.68. The summed E-state index contributed by atoms with van der Waals surface area (Å²) in [6.45, 7) is 4.04. The van der Waals surface area contributed by atoms with Gasteiger partial charge in [-0.25, -0.2) is 4.79 Å². The molecular formula is C19H21N4O4+. The molecular weight excluding hydrogens is 348 g/mol. The Morgan fingerprint density at radius 1 is 1.30 bits per heavy atom. The lowest BCUT2D eigenvalue weighted by Gasteiger charge is -2.24. The molecule has 0 aliphatic heterocycles. The standard InChI is InChI=1S/C19H20N4O4/c1-3-22-12-5-7-16(24)14(9-12)19(2,21)18(27)23-15-6-4-11(10-20)8-13(15)17(25)26/h4-9,22,24H,3,21H2,1-2H3,(H,23,27)(H,25,26)/p+1. The Morgan fingerprint density at radius 2 is 2.00 bits per heavy atom. The number of carboxylic acid groups (broad SMARTS) is 1. The molecule has 0 bridgehead atoms. The number of carbonyl (C=O) groups excluding carboxylic acids is 1. The SMILES string of the molecule is CCNc1ccc([OH2+])c(C(C)(N)C(=O)Nc2ccc(C#N)cc2C(=O)O)c1. The first-order chi connectivity index (χ1) is 12.7. The van der Waals surface area contributed by atoms with Crippen LogP contribution in [0.2, 0.25) is 0 Å². The van der Waals surface area contributed by atoms with Gasteiger partial charge in [0.2, 0.25) is 5.91 Å². The third-order valence-corrected chi connectivity index (χ3v) is 4.06. The molecule has 8 heteroatoms. The molecule has 0 saturated carbocycles. The highest BCUT2D eigenvalue weighted by molar-refractivity contribution is 6.04. The van der Waals surface area contributed by atoms with Gasteiger partial charge in [-0.05, 0) is 44.2 Å². The summed E-state index contributed by atoms with van der Waals surface area (Å²) in [4.78, 5) is 24.2. The predicted octanol–water partition coefficient (Wildman–Crippen LogP) is 1.94. The zero-order chi connectivity index (χ0) is 20.2. The molecule has 2 aromatic rings. The number of aromatic carboxylic acids is 1. The number of nitriles is 1. The largest absolute Gasteiger partial charge is 0.593 e. The predicted molar refractivity (Wildman–Crippen MR) is 102 cm³/mol. The third-order valence-electron chi connectivity index (χ3n) is 4.06. The molecule has 7 N–H and O–H groups in total. The summed E-state index contributed by atoms with van der Waals surface area (Å²) in [6.07, 6.45) is 0. The number of nitrogens with two attached hydrogens (primary N) is 1. The van der Waals surface area contributed by atoms with E-state index >= 15 is 0 Å². The maximum absolute atomic E-state index is 12.8. The summed E-state index contributed by atoms with van der Waals surface area (Å²) in [5.41, 5.74) is 5.62. The van der Waals surface area contributed by atoms with E-state index in [0.29, 0.717) is 12.1 Å². The van der Waals surface area contributed by atoms with E-state index in [1.54, 1.807) is 12.1 Å². The molecule has 0 aromatic heterocycles. The molecule has 0 radical (unpaired) electrons. The Bertz CT molecular complexity index is 932. The van der Waals surface area contributed by atoms with Gasteiger partial charge in [0.1, 0.15) is 5.54 Å². The number of hydrogen-bond acceptors (Lipinski definition) is 5. The van der Waals surface area contributed by atoms with E-state index in [1.807, 2.05) is 13.0 Å². The second-order valence-electron chi connectivity index (χ2n) is 6.12. The van der Waals surface area contributed by atoms with Crippen molar-refractivity contribution in [1.82, 2.24) is 0 Å². The number of carbonyl (C=O) groups is 2. The molecule has 140 valence electrons. The van der Waals surface area contributed by atoms with Crippen LogP contribution in [0.15, 0.2) is 36.4 Å². The molecule has 2 rings (SSSR count). The van der Waals surface area contributed by atoms with Crippen molar-refractivity contribution >= 4 is 23.3 Å². The molecule has 0 aliphatic rings. The van der Waals surface area contributed by atoms with Gasteiger partial charge in [0.25, 0.3) is 5.75 Å². The molecule has 1 atom stereocenters. The quantitative estimate of drug-likeness (QED) is 0.571. The Labute approximate surface area is 156 Å². The van der Waals surface area contributed by atoms with Gasteiger partial charge in [0.15, 0.2) is 0 Å². The second kappa shape index (κ2) is 7.76. The first-order valence-electron chi connectivity index (χ1n) is 8.18. The Morgan fingerprint density at radius 3 is 2.59 bits per heavy atom. The summed E-state index contributed by atoms with van der Waals surface area (Å²) >= 11 is 0.